The molecule has 0 radical (unpaired) electrons. The second-order valence-electron chi connectivity index (χ2n) is 5.93. The molecule has 0 bridgehead atoms. The molecule has 0 spiro atoms. The fourth-order valence-electron chi connectivity index (χ4n) is 2.47. The summed E-state index contributed by atoms with van der Waals surface area (Å²) in [6.07, 6.45) is -4.25. The zero-order chi connectivity index (χ0) is 20.6. The highest BCUT2D eigenvalue weighted by molar-refractivity contribution is 7.99. The van der Waals surface area contributed by atoms with Crippen molar-refractivity contribution in [2.75, 3.05) is 19.5 Å². The first-order chi connectivity index (χ1) is 13.3. The smallest absolute Gasteiger partial charge is 0.382 e. The van der Waals surface area contributed by atoms with Crippen molar-refractivity contribution < 1.29 is 22.7 Å². The number of amides is 1. The van der Waals surface area contributed by atoms with Crippen LogP contribution in [0.2, 0.25) is 0 Å². The highest BCUT2D eigenvalue weighted by Crippen LogP contribution is 2.31. The van der Waals surface area contributed by atoms with Crippen molar-refractivity contribution in [2.45, 2.75) is 23.5 Å². The summed E-state index contributed by atoms with van der Waals surface area (Å²) >= 11 is 1.46. The molecule has 0 aliphatic heterocycles. The monoisotopic (exact) mass is 408 g/mol. The molecule has 28 heavy (non-hydrogen) atoms. The molecular weight excluding hydrogens is 389 g/mol. The maximum atomic E-state index is 12.9. The van der Waals surface area contributed by atoms with E-state index >= 15 is 0 Å². The van der Waals surface area contributed by atoms with Gasteiger partial charge in [0.05, 0.1) is 29.8 Å². The number of hydrogen-bond donors (Lipinski definition) is 1. The van der Waals surface area contributed by atoms with Crippen LogP contribution in [-0.2, 0) is 15.7 Å². The third-order valence-electron chi connectivity index (χ3n) is 3.87. The molecule has 148 valence electrons. The number of thioether (sulfide) groups is 1. The number of benzene rings is 2. The van der Waals surface area contributed by atoms with E-state index in [1.54, 1.807) is 24.3 Å². The van der Waals surface area contributed by atoms with Gasteiger partial charge in [0, 0.05) is 24.2 Å². The van der Waals surface area contributed by atoms with E-state index in [4.69, 9.17) is 10.00 Å². The fraction of sp³-hybridized carbons (Fsp3) is 0.300. The SMILES string of the molecule is COCC(NC(=O)CCSc1ccc(C#N)cc1)c1cccc(C(F)(F)F)c1. The van der Waals surface area contributed by atoms with Crippen LogP contribution in [0.15, 0.2) is 53.4 Å². The van der Waals surface area contributed by atoms with Crippen LogP contribution in [0.1, 0.15) is 29.2 Å². The summed E-state index contributed by atoms with van der Waals surface area (Å²) in [5, 5.41) is 11.5. The number of alkyl halides is 3. The van der Waals surface area contributed by atoms with Gasteiger partial charge in [0.1, 0.15) is 0 Å². The normalized spacial score (nSPS) is 12.2. The van der Waals surface area contributed by atoms with Crippen molar-refractivity contribution in [2.24, 2.45) is 0 Å². The molecule has 1 N–H and O–H groups in total. The number of rotatable bonds is 8. The highest BCUT2D eigenvalue weighted by atomic mass is 32.2. The van der Waals surface area contributed by atoms with E-state index in [0.29, 0.717) is 16.9 Å². The topological polar surface area (TPSA) is 62.1 Å². The number of halogens is 3. The second-order valence-corrected chi connectivity index (χ2v) is 7.10. The van der Waals surface area contributed by atoms with Crippen LogP contribution in [0.3, 0.4) is 0 Å². The van der Waals surface area contributed by atoms with E-state index in [9.17, 15) is 18.0 Å². The minimum absolute atomic E-state index is 0.0653. The Morgan fingerprint density at radius 3 is 2.57 bits per heavy atom. The van der Waals surface area contributed by atoms with E-state index in [0.717, 1.165) is 17.0 Å². The summed E-state index contributed by atoms with van der Waals surface area (Å²) in [5.74, 6) is 0.223. The van der Waals surface area contributed by atoms with Crippen LogP contribution >= 0.6 is 11.8 Å². The molecule has 1 unspecified atom stereocenters. The molecule has 0 saturated heterocycles. The maximum Gasteiger partial charge on any atom is 0.416 e. The van der Waals surface area contributed by atoms with Crippen LogP contribution in [0.4, 0.5) is 13.2 Å². The average molecular weight is 408 g/mol. The molecule has 2 aromatic rings. The number of nitrogens with one attached hydrogen (secondary N) is 1. The number of carbonyl (C=O) groups is 1. The minimum Gasteiger partial charge on any atom is -0.382 e. The van der Waals surface area contributed by atoms with Gasteiger partial charge in [0.15, 0.2) is 0 Å². The van der Waals surface area contributed by atoms with Crippen molar-refractivity contribution in [1.29, 1.82) is 5.26 Å². The number of hydrogen-bond acceptors (Lipinski definition) is 4. The Balaban J connectivity index is 1.94. The highest BCUT2D eigenvalue weighted by Gasteiger charge is 2.31. The van der Waals surface area contributed by atoms with E-state index in [-0.39, 0.29) is 18.9 Å². The first-order valence-corrected chi connectivity index (χ1v) is 9.40. The zero-order valence-electron chi connectivity index (χ0n) is 15.1. The van der Waals surface area contributed by atoms with Gasteiger partial charge < -0.3 is 10.1 Å². The lowest BCUT2D eigenvalue weighted by atomic mass is 10.0. The van der Waals surface area contributed by atoms with Gasteiger partial charge in [-0.3, -0.25) is 4.79 Å². The third kappa shape index (κ3) is 6.59. The number of ether oxygens (including phenoxy) is 1. The predicted octanol–water partition coefficient (Wildman–Crippen LogP) is 4.56. The molecule has 0 fully saturated rings. The van der Waals surface area contributed by atoms with Gasteiger partial charge in [-0.15, -0.1) is 11.8 Å². The Morgan fingerprint density at radius 2 is 1.96 bits per heavy atom. The molecule has 1 amide bonds. The van der Waals surface area contributed by atoms with E-state index in [2.05, 4.69) is 5.32 Å². The number of methoxy groups -OCH3 is 1. The molecule has 0 aliphatic rings. The van der Waals surface area contributed by atoms with Crippen molar-refractivity contribution in [3.8, 4) is 6.07 Å². The van der Waals surface area contributed by atoms with Gasteiger partial charge in [-0.05, 0) is 42.0 Å². The second kappa shape index (κ2) is 10.2. The number of carbonyl (C=O) groups excluding carboxylic acids is 1. The van der Waals surface area contributed by atoms with Crippen molar-refractivity contribution >= 4 is 17.7 Å². The first-order valence-electron chi connectivity index (χ1n) is 8.42. The average Bonchev–Trinajstić information content (AvgIpc) is 2.67. The predicted molar refractivity (Wildman–Crippen MR) is 101 cm³/mol. The quantitative estimate of drug-likeness (QED) is 0.651. The summed E-state index contributed by atoms with van der Waals surface area (Å²) in [7, 11) is 1.42. The van der Waals surface area contributed by atoms with E-state index in [1.807, 2.05) is 6.07 Å². The molecule has 0 saturated carbocycles. The van der Waals surface area contributed by atoms with E-state index < -0.39 is 17.8 Å². The molecule has 1 atom stereocenters. The molecule has 0 aromatic heterocycles. The van der Waals surface area contributed by atoms with Gasteiger partial charge in [-0.1, -0.05) is 12.1 Å². The Hall–Kier alpha value is -2.50. The summed E-state index contributed by atoms with van der Waals surface area (Å²) in [5.41, 5.74) is 0.132. The van der Waals surface area contributed by atoms with Crippen molar-refractivity contribution in [3.63, 3.8) is 0 Å². The molecular formula is C20H19F3N2O2S. The lowest BCUT2D eigenvalue weighted by Gasteiger charge is -2.19. The largest absolute Gasteiger partial charge is 0.416 e. The molecule has 0 aliphatic carbocycles. The fourth-order valence-corrected chi connectivity index (χ4v) is 3.33. The maximum absolute atomic E-state index is 12.9. The van der Waals surface area contributed by atoms with Crippen LogP contribution in [0, 0.1) is 11.3 Å². The van der Waals surface area contributed by atoms with E-state index in [1.165, 1.54) is 31.0 Å². The molecule has 4 nitrogen and oxygen atoms in total. The van der Waals surface area contributed by atoms with Crippen LogP contribution < -0.4 is 5.32 Å². The van der Waals surface area contributed by atoms with Crippen molar-refractivity contribution in [3.05, 3.63) is 65.2 Å². The van der Waals surface area contributed by atoms with Crippen molar-refractivity contribution in [1.82, 2.24) is 5.32 Å². The summed E-state index contributed by atoms with van der Waals surface area (Å²) in [6.45, 7) is 0.0653. The van der Waals surface area contributed by atoms with Gasteiger partial charge in [0.25, 0.3) is 0 Å². The molecule has 2 aromatic carbocycles. The summed E-state index contributed by atoms with van der Waals surface area (Å²) in [6, 6.07) is 13.2. The number of nitrogens with zero attached hydrogens (tertiary/aromatic N) is 1. The number of nitriles is 1. The minimum atomic E-state index is -4.45. The van der Waals surface area contributed by atoms with Gasteiger partial charge in [-0.25, -0.2) is 0 Å². The summed E-state index contributed by atoms with van der Waals surface area (Å²) in [4.78, 5) is 13.2. The van der Waals surface area contributed by atoms with Gasteiger partial charge in [-0.2, -0.15) is 18.4 Å². The Labute approximate surface area is 165 Å². The van der Waals surface area contributed by atoms with Gasteiger partial charge in [0.2, 0.25) is 5.91 Å². The van der Waals surface area contributed by atoms with Gasteiger partial charge >= 0.3 is 6.18 Å². The Bertz CT molecular complexity index is 833. The lowest BCUT2D eigenvalue weighted by Crippen LogP contribution is -2.31. The Morgan fingerprint density at radius 1 is 1.25 bits per heavy atom. The lowest BCUT2D eigenvalue weighted by molar-refractivity contribution is -0.137. The van der Waals surface area contributed by atoms with Crippen LogP contribution in [0.5, 0.6) is 0 Å². The van der Waals surface area contributed by atoms with Crippen LogP contribution in [0.25, 0.3) is 0 Å². The third-order valence-corrected chi connectivity index (χ3v) is 4.88. The standard InChI is InChI=1S/C20H19F3N2O2S/c1-27-13-18(15-3-2-4-16(11-15)20(21,22)23)25-19(26)9-10-28-17-7-5-14(12-24)6-8-17/h2-8,11,18H,9-10,13H2,1H3,(H,25,26). The Kier molecular flexibility index (Phi) is 7.91. The molecule has 8 heteroatoms. The molecule has 0 heterocycles. The first kappa shape index (κ1) is 21.8. The van der Waals surface area contributed by atoms with Crippen LogP contribution in [-0.4, -0.2) is 25.4 Å². The molecule has 2 rings (SSSR count). The zero-order valence-corrected chi connectivity index (χ0v) is 15.9. The summed E-state index contributed by atoms with van der Waals surface area (Å²) < 4.78 is 43.8.